The summed E-state index contributed by atoms with van der Waals surface area (Å²) in [5.74, 6) is -1.01. The number of carboxylic acid groups (broad SMARTS) is 1. The molecular formula is C12H15BrN2O5. The van der Waals surface area contributed by atoms with E-state index in [1.807, 2.05) is 6.92 Å². The lowest BCUT2D eigenvalue weighted by Gasteiger charge is -2.15. The van der Waals surface area contributed by atoms with Crippen LogP contribution in [0.1, 0.15) is 13.3 Å². The lowest BCUT2D eigenvalue weighted by atomic mass is 10.3. The van der Waals surface area contributed by atoms with Crippen molar-refractivity contribution in [2.45, 2.75) is 19.4 Å². The molecule has 2 N–H and O–H groups in total. The van der Waals surface area contributed by atoms with Crippen molar-refractivity contribution >= 4 is 27.6 Å². The second-order valence-electron chi connectivity index (χ2n) is 4.03. The lowest BCUT2D eigenvalue weighted by Crippen LogP contribution is -2.41. The van der Waals surface area contributed by atoms with Gasteiger partial charge in [-0.2, -0.15) is 0 Å². The van der Waals surface area contributed by atoms with Crippen LogP contribution in [0, 0.1) is 10.1 Å². The summed E-state index contributed by atoms with van der Waals surface area (Å²) in [4.78, 5) is 21.3. The predicted octanol–water partition coefficient (Wildman–Crippen LogP) is 2.19. The van der Waals surface area contributed by atoms with Crippen LogP contribution in [0.2, 0.25) is 0 Å². The Morgan fingerprint density at radius 3 is 2.85 bits per heavy atom. The number of benzene rings is 1. The highest BCUT2D eigenvalue weighted by Gasteiger charge is 2.21. The smallest absolute Gasteiger partial charge is 0.324 e. The van der Waals surface area contributed by atoms with E-state index in [0.29, 0.717) is 11.0 Å². The molecular weight excluding hydrogens is 332 g/mol. The van der Waals surface area contributed by atoms with Crippen molar-refractivity contribution < 1.29 is 19.6 Å². The standard InChI is InChI=1S/C12H15BrN2O5/c1-2-5-14-9(12(16)17)7-20-11-4-3-8(13)6-10(11)15(18)19/h3-4,6,9,14H,2,5,7H2,1H3,(H,16,17). The highest BCUT2D eigenvalue weighted by molar-refractivity contribution is 9.10. The minimum atomic E-state index is -1.06. The number of carbonyl (C=O) groups is 1. The van der Waals surface area contributed by atoms with Gasteiger partial charge in [0.15, 0.2) is 5.75 Å². The van der Waals surface area contributed by atoms with E-state index in [1.165, 1.54) is 12.1 Å². The fourth-order valence-corrected chi connectivity index (χ4v) is 1.81. The van der Waals surface area contributed by atoms with Gasteiger partial charge >= 0.3 is 11.7 Å². The minimum Gasteiger partial charge on any atom is -0.485 e. The van der Waals surface area contributed by atoms with Crippen LogP contribution >= 0.6 is 15.9 Å². The van der Waals surface area contributed by atoms with E-state index in [4.69, 9.17) is 9.84 Å². The van der Waals surface area contributed by atoms with Gasteiger partial charge in [0, 0.05) is 10.5 Å². The Balaban J connectivity index is 2.77. The number of hydrogen-bond donors (Lipinski definition) is 2. The van der Waals surface area contributed by atoms with E-state index in [2.05, 4.69) is 21.2 Å². The molecule has 20 heavy (non-hydrogen) atoms. The molecule has 0 aliphatic heterocycles. The number of aliphatic carboxylic acids is 1. The van der Waals surface area contributed by atoms with Crippen molar-refractivity contribution in [2.75, 3.05) is 13.2 Å². The molecule has 0 bridgehead atoms. The molecule has 0 amide bonds. The van der Waals surface area contributed by atoms with Crippen LogP contribution in [0.4, 0.5) is 5.69 Å². The molecule has 0 fully saturated rings. The summed E-state index contributed by atoms with van der Waals surface area (Å²) in [6.45, 7) is 2.26. The second-order valence-corrected chi connectivity index (χ2v) is 4.94. The summed E-state index contributed by atoms with van der Waals surface area (Å²) in [7, 11) is 0. The molecule has 110 valence electrons. The fraction of sp³-hybridized carbons (Fsp3) is 0.417. The van der Waals surface area contributed by atoms with Gasteiger partial charge in [-0.15, -0.1) is 0 Å². The van der Waals surface area contributed by atoms with Gasteiger partial charge in [-0.3, -0.25) is 14.9 Å². The van der Waals surface area contributed by atoms with Crippen molar-refractivity contribution in [3.05, 3.63) is 32.8 Å². The van der Waals surface area contributed by atoms with E-state index < -0.39 is 16.9 Å². The lowest BCUT2D eigenvalue weighted by molar-refractivity contribution is -0.386. The number of hydrogen-bond acceptors (Lipinski definition) is 5. The van der Waals surface area contributed by atoms with Gasteiger partial charge in [-0.25, -0.2) is 0 Å². The summed E-state index contributed by atoms with van der Waals surface area (Å²) in [5, 5.41) is 22.7. The first-order valence-electron chi connectivity index (χ1n) is 5.98. The van der Waals surface area contributed by atoms with E-state index >= 15 is 0 Å². The van der Waals surface area contributed by atoms with E-state index in [-0.39, 0.29) is 18.0 Å². The van der Waals surface area contributed by atoms with Gasteiger partial charge in [0.2, 0.25) is 0 Å². The Bertz CT molecular complexity index is 495. The molecule has 0 saturated heterocycles. The van der Waals surface area contributed by atoms with Crippen molar-refractivity contribution in [1.82, 2.24) is 5.32 Å². The zero-order chi connectivity index (χ0) is 15.1. The average Bonchev–Trinajstić information content (AvgIpc) is 2.39. The number of nitrogens with one attached hydrogen (secondary N) is 1. The third-order valence-corrected chi connectivity index (χ3v) is 2.96. The number of nitro benzene ring substituents is 1. The Kier molecular flexibility index (Phi) is 6.40. The minimum absolute atomic E-state index is 0.0442. The molecule has 1 aromatic rings. The van der Waals surface area contributed by atoms with E-state index in [0.717, 1.165) is 6.42 Å². The molecule has 0 radical (unpaired) electrons. The van der Waals surface area contributed by atoms with Crippen molar-refractivity contribution in [3.63, 3.8) is 0 Å². The normalized spacial score (nSPS) is 11.9. The summed E-state index contributed by atoms with van der Waals surface area (Å²) in [6, 6.07) is 3.43. The number of ether oxygens (including phenoxy) is 1. The van der Waals surface area contributed by atoms with Crippen molar-refractivity contribution in [2.24, 2.45) is 0 Å². The maximum Gasteiger partial charge on any atom is 0.324 e. The Labute approximate surface area is 124 Å². The topological polar surface area (TPSA) is 102 Å². The van der Waals surface area contributed by atoms with Gasteiger partial charge in [0.05, 0.1) is 4.92 Å². The predicted molar refractivity (Wildman–Crippen MR) is 76.0 cm³/mol. The number of halogens is 1. The first kappa shape index (κ1) is 16.4. The Morgan fingerprint density at radius 1 is 1.60 bits per heavy atom. The molecule has 0 aliphatic carbocycles. The van der Waals surface area contributed by atoms with Crippen LogP contribution in [0.3, 0.4) is 0 Å². The highest BCUT2D eigenvalue weighted by atomic mass is 79.9. The fourth-order valence-electron chi connectivity index (χ4n) is 1.46. The van der Waals surface area contributed by atoms with Gasteiger partial charge in [-0.05, 0) is 25.1 Å². The molecule has 0 heterocycles. The number of nitrogens with zero attached hydrogens (tertiary/aromatic N) is 1. The van der Waals surface area contributed by atoms with Crippen molar-refractivity contribution in [3.8, 4) is 5.75 Å². The van der Waals surface area contributed by atoms with Crippen LogP contribution in [-0.4, -0.2) is 35.2 Å². The van der Waals surface area contributed by atoms with Gasteiger partial charge < -0.3 is 15.2 Å². The van der Waals surface area contributed by atoms with Crippen LogP contribution in [0.25, 0.3) is 0 Å². The quantitative estimate of drug-likeness (QED) is 0.552. The van der Waals surface area contributed by atoms with Gasteiger partial charge in [0.1, 0.15) is 12.6 Å². The van der Waals surface area contributed by atoms with Crippen LogP contribution in [0.15, 0.2) is 22.7 Å². The molecule has 0 aliphatic rings. The molecule has 1 atom stereocenters. The molecule has 1 aromatic carbocycles. The highest BCUT2D eigenvalue weighted by Crippen LogP contribution is 2.30. The molecule has 0 spiro atoms. The number of nitro groups is 1. The second kappa shape index (κ2) is 7.81. The number of rotatable bonds is 8. The third kappa shape index (κ3) is 4.78. The zero-order valence-corrected chi connectivity index (χ0v) is 12.4. The summed E-state index contributed by atoms with van der Waals surface area (Å²) < 4.78 is 5.82. The van der Waals surface area contributed by atoms with Gasteiger partial charge in [0.25, 0.3) is 0 Å². The molecule has 0 saturated carbocycles. The number of carboxylic acids is 1. The average molecular weight is 347 g/mol. The van der Waals surface area contributed by atoms with E-state index in [1.54, 1.807) is 6.07 Å². The van der Waals surface area contributed by atoms with Crippen LogP contribution in [-0.2, 0) is 4.79 Å². The van der Waals surface area contributed by atoms with Crippen LogP contribution < -0.4 is 10.1 Å². The monoisotopic (exact) mass is 346 g/mol. The molecule has 7 nitrogen and oxygen atoms in total. The van der Waals surface area contributed by atoms with E-state index in [9.17, 15) is 14.9 Å². The summed E-state index contributed by atoms with van der Waals surface area (Å²) in [6.07, 6.45) is 0.780. The first-order valence-corrected chi connectivity index (χ1v) is 6.78. The molecule has 1 unspecified atom stereocenters. The summed E-state index contributed by atoms with van der Waals surface area (Å²) in [5.41, 5.74) is -0.209. The Morgan fingerprint density at radius 2 is 2.30 bits per heavy atom. The molecule has 0 aromatic heterocycles. The SMILES string of the molecule is CCCNC(COc1ccc(Br)cc1[N+](=O)[O-])C(=O)O. The van der Waals surface area contributed by atoms with Crippen LogP contribution in [0.5, 0.6) is 5.75 Å². The van der Waals surface area contributed by atoms with Crippen molar-refractivity contribution in [1.29, 1.82) is 0 Å². The third-order valence-electron chi connectivity index (χ3n) is 2.46. The zero-order valence-electron chi connectivity index (χ0n) is 10.8. The molecule has 1 rings (SSSR count). The first-order chi connectivity index (χ1) is 9.45. The largest absolute Gasteiger partial charge is 0.485 e. The maximum absolute atomic E-state index is 11.0. The van der Waals surface area contributed by atoms with Gasteiger partial charge in [-0.1, -0.05) is 22.9 Å². The molecule has 8 heteroatoms. The summed E-state index contributed by atoms with van der Waals surface area (Å²) >= 11 is 3.14. The maximum atomic E-state index is 11.0. The Hall–Kier alpha value is -1.67.